The van der Waals surface area contributed by atoms with Crippen LogP contribution in [0.4, 0.5) is 0 Å². The van der Waals surface area contributed by atoms with Gasteiger partial charge in [-0.15, -0.1) is 0 Å². The van der Waals surface area contributed by atoms with Crippen molar-refractivity contribution in [2.75, 3.05) is 28.4 Å². The largest absolute Gasteiger partial charge is 0.687 e. The minimum atomic E-state index is -3.63. The fourth-order valence-corrected chi connectivity index (χ4v) is 3.52. The van der Waals surface area contributed by atoms with Crippen molar-refractivity contribution in [2.24, 2.45) is 0 Å². The summed E-state index contributed by atoms with van der Waals surface area (Å²) in [6.45, 7) is 6.79. The fourth-order valence-electron chi connectivity index (χ4n) is 1.17. The Labute approximate surface area is 128 Å². The van der Waals surface area contributed by atoms with Crippen molar-refractivity contribution in [1.29, 1.82) is 0 Å². The first-order valence-electron chi connectivity index (χ1n) is 6.64. The highest BCUT2D eigenvalue weighted by Gasteiger charge is 2.52. The van der Waals surface area contributed by atoms with E-state index >= 15 is 0 Å². The van der Waals surface area contributed by atoms with Crippen LogP contribution in [0.25, 0.3) is 0 Å². The Balaban J connectivity index is 5.23. The van der Waals surface area contributed by atoms with Gasteiger partial charge >= 0.3 is 9.05 Å². The van der Waals surface area contributed by atoms with Crippen LogP contribution in [0.15, 0.2) is 0 Å². The molecule has 0 aromatic heterocycles. The second kappa shape index (κ2) is 10.6. The Morgan fingerprint density at radius 2 is 0.667 bits per heavy atom. The quantitative estimate of drug-likeness (QED) is 0.394. The molecule has 0 aliphatic carbocycles. The molecule has 0 saturated carbocycles. The topological polar surface area (TPSA) is 73.8 Å². The summed E-state index contributed by atoms with van der Waals surface area (Å²) >= 11 is 0. The first-order chi connectivity index (χ1) is 9.82. The third kappa shape index (κ3) is 8.19. The van der Waals surface area contributed by atoms with Gasteiger partial charge in [-0.05, 0) is 27.7 Å². The summed E-state index contributed by atoms with van der Waals surface area (Å²) in [5.74, 6) is 0. The van der Waals surface area contributed by atoms with Gasteiger partial charge in [0.1, 0.15) is 0 Å². The molecular weight excluding hydrogens is 300 g/mol. The maximum absolute atomic E-state index is 5.71. The minimum absolute atomic E-state index is 0.603. The summed E-state index contributed by atoms with van der Waals surface area (Å²) in [7, 11) is 2.38. The molecule has 0 heterocycles. The highest BCUT2D eigenvalue weighted by Crippen LogP contribution is 2.21. The fraction of sp³-hybridized carbons (Fsp3) is 1.00. The number of rotatable bonds is 12. The van der Waals surface area contributed by atoms with Gasteiger partial charge in [0.05, 0.1) is 0 Å². The molecule has 0 radical (unpaired) electrons. The molecule has 0 saturated heterocycles. The van der Waals surface area contributed by atoms with Crippen LogP contribution in [0.5, 0.6) is 0 Å². The first-order valence-corrected chi connectivity index (χ1v) is 8.28. The molecule has 4 atom stereocenters. The smallest absolute Gasteiger partial charge is 0.357 e. The van der Waals surface area contributed by atoms with E-state index in [0.717, 1.165) is 0 Å². The van der Waals surface area contributed by atoms with E-state index in [9.17, 15) is 0 Å². The number of hydrogen-bond acceptors (Lipinski definition) is 8. The second-order valence-corrected chi connectivity index (χ2v) is 6.13. The van der Waals surface area contributed by atoms with Crippen molar-refractivity contribution < 1.29 is 36.7 Å². The van der Waals surface area contributed by atoms with E-state index < -0.39 is 34.2 Å². The molecule has 0 N–H and O–H groups in total. The molecule has 0 aromatic carbocycles. The Morgan fingerprint density at radius 3 is 0.810 bits per heavy atom. The molecule has 128 valence electrons. The molecule has 0 aliphatic heterocycles. The van der Waals surface area contributed by atoms with Crippen molar-refractivity contribution in [3.05, 3.63) is 0 Å². The van der Waals surface area contributed by atoms with Crippen molar-refractivity contribution in [2.45, 2.75) is 52.9 Å². The van der Waals surface area contributed by atoms with E-state index in [0.29, 0.717) is 0 Å². The molecule has 0 spiro atoms. The maximum Gasteiger partial charge on any atom is 0.687 e. The van der Waals surface area contributed by atoms with E-state index in [4.69, 9.17) is 36.7 Å². The molecule has 8 nitrogen and oxygen atoms in total. The Bertz CT molecular complexity index is 214. The van der Waals surface area contributed by atoms with Crippen LogP contribution in [0.1, 0.15) is 27.7 Å². The molecular formula is C12H28O8Si. The summed E-state index contributed by atoms with van der Waals surface area (Å²) in [4.78, 5) is 0. The van der Waals surface area contributed by atoms with Crippen molar-refractivity contribution in [3.8, 4) is 0 Å². The van der Waals surface area contributed by atoms with Gasteiger partial charge < -0.3 is 36.7 Å². The van der Waals surface area contributed by atoms with Crippen LogP contribution in [0, 0.1) is 0 Å². The average Bonchev–Trinajstić information content (AvgIpc) is 2.46. The second-order valence-electron chi connectivity index (χ2n) is 4.18. The Hall–Kier alpha value is -0.103. The molecule has 0 amide bonds. The van der Waals surface area contributed by atoms with E-state index in [1.54, 1.807) is 27.7 Å². The third-order valence-corrected chi connectivity index (χ3v) is 5.05. The third-order valence-electron chi connectivity index (χ3n) is 2.57. The Morgan fingerprint density at radius 1 is 0.476 bits per heavy atom. The van der Waals surface area contributed by atoms with E-state index in [1.807, 2.05) is 0 Å². The molecule has 4 unspecified atom stereocenters. The van der Waals surface area contributed by atoms with Crippen LogP contribution in [-0.2, 0) is 36.7 Å². The molecule has 21 heavy (non-hydrogen) atoms. The molecule has 0 bridgehead atoms. The maximum atomic E-state index is 5.71. The lowest BCUT2D eigenvalue weighted by Crippen LogP contribution is -2.56. The van der Waals surface area contributed by atoms with Gasteiger partial charge in [0.2, 0.25) is 0 Å². The zero-order chi connectivity index (χ0) is 16.5. The standard InChI is InChI=1S/C12H28O8Si/c1-9(13-5)17-21(18-10(2)14-6,19-11(3)15-7)20-12(4)16-8/h9-12H,1-8H3. The number of hydrogen-bond donors (Lipinski definition) is 0. The summed E-state index contributed by atoms with van der Waals surface area (Å²) in [6, 6.07) is 0. The molecule has 9 heteroatoms. The van der Waals surface area contributed by atoms with Gasteiger partial charge in [0, 0.05) is 28.4 Å². The molecule has 0 aliphatic rings. The summed E-state index contributed by atoms with van der Waals surface area (Å²) < 4.78 is 43.3. The Kier molecular flexibility index (Phi) is 10.5. The van der Waals surface area contributed by atoms with Crippen LogP contribution in [-0.4, -0.2) is 62.6 Å². The lowest BCUT2D eigenvalue weighted by molar-refractivity contribution is -0.222. The van der Waals surface area contributed by atoms with E-state index in [1.165, 1.54) is 28.4 Å². The normalized spacial score (nSPS) is 20.6. The van der Waals surface area contributed by atoms with Crippen LogP contribution < -0.4 is 0 Å². The molecule has 0 aromatic rings. The van der Waals surface area contributed by atoms with Gasteiger partial charge in [-0.1, -0.05) is 0 Å². The highest BCUT2D eigenvalue weighted by atomic mass is 28.4. The summed E-state index contributed by atoms with van der Waals surface area (Å²) in [5.41, 5.74) is 0. The molecule has 0 fully saturated rings. The van der Waals surface area contributed by atoms with E-state index in [2.05, 4.69) is 0 Å². The highest BCUT2D eigenvalue weighted by molar-refractivity contribution is 6.53. The van der Waals surface area contributed by atoms with Gasteiger partial charge in [0.15, 0.2) is 25.2 Å². The monoisotopic (exact) mass is 328 g/mol. The minimum Gasteiger partial charge on any atom is -0.357 e. The summed E-state index contributed by atoms with van der Waals surface area (Å²) in [6.07, 6.45) is -2.41. The van der Waals surface area contributed by atoms with Crippen LogP contribution in [0.2, 0.25) is 0 Å². The van der Waals surface area contributed by atoms with Crippen molar-refractivity contribution >= 4 is 9.05 Å². The van der Waals surface area contributed by atoms with Crippen molar-refractivity contribution in [1.82, 2.24) is 0 Å². The predicted octanol–water partition coefficient (Wildman–Crippen LogP) is 1.46. The first kappa shape index (κ1) is 20.9. The van der Waals surface area contributed by atoms with Gasteiger partial charge in [-0.2, -0.15) is 0 Å². The molecule has 0 rings (SSSR count). The number of ether oxygens (including phenoxy) is 4. The van der Waals surface area contributed by atoms with Gasteiger partial charge in [0.25, 0.3) is 0 Å². The van der Waals surface area contributed by atoms with Crippen LogP contribution >= 0.6 is 0 Å². The predicted molar refractivity (Wildman–Crippen MR) is 76.0 cm³/mol. The lowest BCUT2D eigenvalue weighted by Gasteiger charge is -2.34. The van der Waals surface area contributed by atoms with Gasteiger partial charge in [-0.3, -0.25) is 0 Å². The van der Waals surface area contributed by atoms with E-state index in [-0.39, 0.29) is 0 Å². The average molecular weight is 328 g/mol. The number of methoxy groups -OCH3 is 4. The summed E-state index contributed by atoms with van der Waals surface area (Å²) in [5, 5.41) is 0. The van der Waals surface area contributed by atoms with Crippen LogP contribution in [0.3, 0.4) is 0 Å². The zero-order valence-corrected chi connectivity index (χ0v) is 15.1. The zero-order valence-electron chi connectivity index (χ0n) is 14.1. The van der Waals surface area contributed by atoms with Crippen molar-refractivity contribution in [3.63, 3.8) is 0 Å². The van der Waals surface area contributed by atoms with Gasteiger partial charge in [-0.25, -0.2) is 0 Å². The SMILES string of the molecule is COC(C)O[Si](OC(C)OC)(OC(C)OC)OC(C)OC. The lowest BCUT2D eigenvalue weighted by atomic mass is 10.8.